The molecule has 0 fully saturated rings. The van der Waals surface area contributed by atoms with Crippen molar-refractivity contribution in [2.45, 2.75) is 13.8 Å². The van der Waals surface area contributed by atoms with Gasteiger partial charge in [-0.3, -0.25) is 4.79 Å². The predicted octanol–water partition coefficient (Wildman–Crippen LogP) is 1.77. The minimum absolute atomic E-state index is 0.119. The van der Waals surface area contributed by atoms with Gasteiger partial charge in [0.25, 0.3) is 0 Å². The zero-order chi connectivity index (χ0) is 12.6. The molecule has 0 saturated heterocycles. The van der Waals surface area contributed by atoms with Crippen LogP contribution in [-0.2, 0) is 4.79 Å². The molecule has 1 aromatic rings. The second-order valence-electron chi connectivity index (χ2n) is 4.76. The molecule has 1 aliphatic heterocycles. The molecule has 1 aromatic carbocycles. The average Bonchev–Trinajstić information content (AvgIpc) is 2.36. The van der Waals surface area contributed by atoms with Crippen LogP contribution in [0.4, 0.5) is 11.4 Å². The van der Waals surface area contributed by atoms with Crippen molar-refractivity contribution in [3.8, 4) is 0 Å². The van der Waals surface area contributed by atoms with Crippen LogP contribution in [-0.4, -0.2) is 23.5 Å². The summed E-state index contributed by atoms with van der Waals surface area (Å²) in [5.41, 5.74) is 0.891. The number of benzene rings is 1. The molecule has 0 unspecified atom stereocenters. The van der Waals surface area contributed by atoms with Gasteiger partial charge in [-0.25, -0.2) is 4.79 Å². The Morgan fingerprint density at radius 1 is 1.35 bits per heavy atom. The van der Waals surface area contributed by atoms with E-state index in [1.165, 1.54) is 12.1 Å². The van der Waals surface area contributed by atoms with Crippen LogP contribution in [0.1, 0.15) is 24.2 Å². The van der Waals surface area contributed by atoms with Crippen molar-refractivity contribution in [3.63, 3.8) is 0 Å². The Morgan fingerprint density at radius 2 is 2.06 bits per heavy atom. The van der Waals surface area contributed by atoms with Gasteiger partial charge in [0.05, 0.1) is 22.4 Å². The van der Waals surface area contributed by atoms with E-state index in [-0.39, 0.29) is 11.5 Å². The van der Waals surface area contributed by atoms with Crippen molar-refractivity contribution in [2.75, 3.05) is 17.2 Å². The van der Waals surface area contributed by atoms with Crippen LogP contribution >= 0.6 is 0 Å². The highest BCUT2D eigenvalue weighted by Crippen LogP contribution is 2.30. The normalized spacial score (nSPS) is 17.4. The summed E-state index contributed by atoms with van der Waals surface area (Å²) < 4.78 is 0. The Morgan fingerprint density at radius 3 is 2.71 bits per heavy atom. The summed E-state index contributed by atoms with van der Waals surface area (Å²) in [6.07, 6.45) is 0. The molecule has 0 aliphatic carbocycles. The third-order valence-corrected chi connectivity index (χ3v) is 2.85. The summed E-state index contributed by atoms with van der Waals surface area (Å²) in [4.78, 5) is 22.7. The number of fused-ring (bicyclic) bond motifs is 1. The molecule has 1 aliphatic rings. The predicted molar refractivity (Wildman–Crippen MR) is 64.3 cm³/mol. The lowest BCUT2D eigenvalue weighted by molar-refractivity contribution is -0.123. The molecule has 0 spiro atoms. The molecule has 0 saturated carbocycles. The summed E-state index contributed by atoms with van der Waals surface area (Å²) in [5, 5.41) is 14.8. The van der Waals surface area contributed by atoms with Gasteiger partial charge in [-0.05, 0) is 32.0 Å². The number of hydrogen-bond donors (Lipinski definition) is 3. The smallest absolute Gasteiger partial charge is 0.335 e. The topological polar surface area (TPSA) is 78.4 Å². The molecular weight excluding hydrogens is 220 g/mol. The van der Waals surface area contributed by atoms with Crippen molar-refractivity contribution in [1.29, 1.82) is 0 Å². The Bertz CT molecular complexity index is 495. The Kier molecular flexibility index (Phi) is 2.53. The van der Waals surface area contributed by atoms with Crippen molar-refractivity contribution in [1.82, 2.24) is 0 Å². The first-order chi connectivity index (χ1) is 7.90. The van der Waals surface area contributed by atoms with Gasteiger partial charge >= 0.3 is 5.97 Å². The van der Waals surface area contributed by atoms with E-state index < -0.39 is 11.4 Å². The molecule has 0 aromatic heterocycles. The first-order valence-corrected chi connectivity index (χ1v) is 5.33. The van der Waals surface area contributed by atoms with Crippen LogP contribution in [0, 0.1) is 5.41 Å². The average molecular weight is 234 g/mol. The lowest BCUT2D eigenvalue weighted by atomic mass is 9.93. The minimum Gasteiger partial charge on any atom is -0.478 e. The van der Waals surface area contributed by atoms with Crippen molar-refractivity contribution >= 4 is 23.3 Å². The van der Waals surface area contributed by atoms with E-state index in [1.54, 1.807) is 6.07 Å². The number of amides is 1. The van der Waals surface area contributed by atoms with Crippen LogP contribution in [0.2, 0.25) is 0 Å². The molecule has 1 amide bonds. The first-order valence-electron chi connectivity index (χ1n) is 5.33. The number of carboxylic acid groups (broad SMARTS) is 1. The van der Waals surface area contributed by atoms with E-state index in [9.17, 15) is 9.59 Å². The summed E-state index contributed by atoms with van der Waals surface area (Å²) in [7, 11) is 0. The van der Waals surface area contributed by atoms with Crippen LogP contribution in [0.15, 0.2) is 18.2 Å². The summed E-state index contributed by atoms with van der Waals surface area (Å²) in [6, 6.07) is 4.64. The van der Waals surface area contributed by atoms with Gasteiger partial charge in [0.15, 0.2) is 0 Å². The Balaban J connectivity index is 2.41. The molecular formula is C12H14N2O3. The van der Waals surface area contributed by atoms with Gasteiger partial charge in [-0.2, -0.15) is 0 Å². The maximum atomic E-state index is 11.9. The molecule has 3 N–H and O–H groups in total. The van der Waals surface area contributed by atoms with Crippen LogP contribution in [0.25, 0.3) is 0 Å². The van der Waals surface area contributed by atoms with E-state index in [1.807, 2.05) is 13.8 Å². The first kappa shape index (κ1) is 11.4. The van der Waals surface area contributed by atoms with Crippen molar-refractivity contribution in [2.24, 2.45) is 5.41 Å². The zero-order valence-electron chi connectivity index (χ0n) is 9.70. The fourth-order valence-electron chi connectivity index (χ4n) is 1.62. The molecule has 1 heterocycles. The molecule has 2 rings (SSSR count). The van der Waals surface area contributed by atoms with E-state index in [4.69, 9.17) is 5.11 Å². The molecule has 90 valence electrons. The van der Waals surface area contributed by atoms with Gasteiger partial charge in [-0.15, -0.1) is 0 Å². The monoisotopic (exact) mass is 234 g/mol. The molecule has 17 heavy (non-hydrogen) atoms. The van der Waals surface area contributed by atoms with E-state index in [0.717, 1.165) is 5.69 Å². The fourth-order valence-corrected chi connectivity index (χ4v) is 1.62. The van der Waals surface area contributed by atoms with Gasteiger partial charge in [0.2, 0.25) is 5.91 Å². The highest BCUT2D eigenvalue weighted by atomic mass is 16.4. The third-order valence-electron chi connectivity index (χ3n) is 2.85. The number of carboxylic acids is 1. The van der Waals surface area contributed by atoms with E-state index >= 15 is 0 Å². The standard InChI is InChI=1S/C12H14N2O3/c1-12(2)6-13-8-4-3-7(10(15)16)5-9(8)14-11(12)17/h3-5,13H,6H2,1-2H3,(H,14,17)(H,15,16). The number of hydrogen-bond acceptors (Lipinski definition) is 3. The maximum Gasteiger partial charge on any atom is 0.335 e. The fraction of sp³-hybridized carbons (Fsp3) is 0.333. The van der Waals surface area contributed by atoms with Gasteiger partial charge < -0.3 is 15.7 Å². The lowest BCUT2D eigenvalue weighted by Crippen LogP contribution is -2.34. The summed E-state index contributed by atoms with van der Waals surface area (Å²) in [5.74, 6) is -1.13. The summed E-state index contributed by atoms with van der Waals surface area (Å²) >= 11 is 0. The van der Waals surface area contributed by atoms with Crippen LogP contribution in [0.3, 0.4) is 0 Å². The number of rotatable bonds is 1. The molecule has 5 heteroatoms. The Labute approximate surface area is 98.8 Å². The summed E-state index contributed by atoms with van der Waals surface area (Å²) in [6.45, 7) is 4.18. The SMILES string of the molecule is CC1(C)CNc2ccc(C(=O)O)cc2NC1=O. The lowest BCUT2D eigenvalue weighted by Gasteiger charge is -2.19. The van der Waals surface area contributed by atoms with Crippen molar-refractivity contribution < 1.29 is 14.7 Å². The van der Waals surface area contributed by atoms with Crippen molar-refractivity contribution in [3.05, 3.63) is 23.8 Å². The van der Waals surface area contributed by atoms with Crippen LogP contribution in [0.5, 0.6) is 0 Å². The third kappa shape index (κ3) is 2.08. The quantitative estimate of drug-likeness (QED) is 0.692. The van der Waals surface area contributed by atoms with E-state index in [0.29, 0.717) is 12.2 Å². The van der Waals surface area contributed by atoms with Crippen LogP contribution < -0.4 is 10.6 Å². The second kappa shape index (κ2) is 3.76. The second-order valence-corrected chi connectivity index (χ2v) is 4.76. The highest BCUT2D eigenvalue weighted by Gasteiger charge is 2.31. The number of carbonyl (C=O) groups is 2. The molecule has 0 atom stereocenters. The van der Waals surface area contributed by atoms with Gasteiger partial charge in [-0.1, -0.05) is 0 Å². The molecule has 0 radical (unpaired) electrons. The number of carbonyl (C=O) groups excluding carboxylic acids is 1. The minimum atomic E-state index is -1.01. The van der Waals surface area contributed by atoms with E-state index in [2.05, 4.69) is 10.6 Å². The number of anilines is 2. The molecule has 0 bridgehead atoms. The van der Waals surface area contributed by atoms with Gasteiger partial charge in [0.1, 0.15) is 0 Å². The number of aromatic carboxylic acids is 1. The number of nitrogens with one attached hydrogen (secondary N) is 2. The highest BCUT2D eigenvalue weighted by molar-refractivity contribution is 6.01. The van der Waals surface area contributed by atoms with Gasteiger partial charge in [0, 0.05) is 6.54 Å². The molecule has 5 nitrogen and oxygen atoms in total. The zero-order valence-corrected chi connectivity index (χ0v) is 9.70. The largest absolute Gasteiger partial charge is 0.478 e. The Hall–Kier alpha value is -2.04. The maximum absolute atomic E-state index is 11.9.